The Morgan fingerprint density at radius 2 is 1.79 bits per heavy atom. The first-order chi connectivity index (χ1) is 9.22. The molecule has 2 rings (SSSR count). The number of halogens is 1. The fourth-order valence-corrected chi connectivity index (χ4v) is 2.49. The number of hydrogen-bond acceptors (Lipinski definition) is 2. The fourth-order valence-electron chi connectivity index (χ4n) is 1.72. The van der Waals surface area contributed by atoms with E-state index in [1.165, 1.54) is 12.1 Å². The number of carbonyl (C=O) groups excluding carboxylic acids is 1. The SMILES string of the molecule is CCCSc1ccc(C(=O)c2ccccc2F)cc1. The van der Waals surface area contributed by atoms with E-state index in [4.69, 9.17) is 0 Å². The molecule has 0 radical (unpaired) electrons. The predicted molar refractivity (Wildman–Crippen MR) is 77.3 cm³/mol. The Kier molecular flexibility index (Phi) is 4.74. The number of benzene rings is 2. The van der Waals surface area contributed by atoms with E-state index < -0.39 is 5.82 Å². The topological polar surface area (TPSA) is 17.1 Å². The van der Waals surface area contributed by atoms with Gasteiger partial charge in [-0.15, -0.1) is 11.8 Å². The molecule has 0 amide bonds. The van der Waals surface area contributed by atoms with E-state index >= 15 is 0 Å². The minimum atomic E-state index is -0.475. The minimum absolute atomic E-state index is 0.122. The molecule has 0 atom stereocenters. The highest BCUT2D eigenvalue weighted by molar-refractivity contribution is 7.99. The molecule has 0 N–H and O–H groups in total. The summed E-state index contributed by atoms with van der Waals surface area (Å²) in [5.74, 6) is 0.308. The lowest BCUT2D eigenvalue weighted by Gasteiger charge is -2.04. The summed E-state index contributed by atoms with van der Waals surface area (Å²) in [6.07, 6.45) is 1.11. The second-order valence-corrected chi connectivity index (χ2v) is 5.35. The second kappa shape index (κ2) is 6.53. The summed E-state index contributed by atoms with van der Waals surface area (Å²) in [5, 5.41) is 0. The number of ketones is 1. The molecule has 1 nitrogen and oxygen atoms in total. The highest BCUT2D eigenvalue weighted by atomic mass is 32.2. The standard InChI is InChI=1S/C16H15FOS/c1-2-11-19-13-9-7-12(8-10-13)16(18)14-5-3-4-6-15(14)17/h3-10H,2,11H2,1H3. The molecule has 0 aromatic heterocycles. The molecule has 0 heterocycles. The van der Waals surface area contributed by atoms with Gasteiger partial charge < -0.3 is 0 Å². The van der Waals surface area contributed by atoms with E-state index in [1.54, 1.807) is 36.0 Å². The van der Waals surface area contributed by atoms with Crippen molar-refractivity contribution < 1.29 is 9.18 Å². The van der Waals surface area contributed by atoms with Gasteiger partial charge in [-0.3, -0.25) is 4.79 Å². The van der Waals surface area contributed by atoms with Gasteiger partial charge in [-0.2, -0.15) is 0 Å². The van der Waals surface area contributed by atoms with Crippen LogP contribution in [0.2, 0.25) is 0 Å². The van der Waals surface area contributed by atoms with Gasteiger partial charge in [0.1, 0.15) is 5.82 Å². The van der Waals surface area contributed by atoms with Gasteiger partial charge in [-0.25, -0.2) is 4.39 Å². The van der Waals surface area contributed by atoms with Crippen molar-refractivity contribution in [2.24, 2.45) is 0 Å². The lowest BCUT2D eigenvalue weighted by molar-refractivity contribution is 0.103. The van der Waals surface area contributed by atoms with Crippen LogP contribution in [0, 0.1) is 5.82 Å². The molecule has 0 unspecified atom stereocenters. The van der Waals surface area contributed by atoms with Crippen LogP contribution in [0.5, 0.6) is 0 Å². The maximum absolute atomic E-state index is 13.5. The molecule has 19 heavy (non-hydrogen) atoms. The molecule has 2 aromatic rings. The van der Waals surface area contributed by atoms with Crippen molar-refractivity contribution in [1.29, 1.82) is 0 Å². The van der Waals surface area contributed by atoms with Crippen LogP contribution < -0.4 is 0 Å². The summed E-state index contributed by atoms with van der Waals surface area (Å²) in [6.45, 7) is 2.13. The molecule has 98 valence electrons. The molecular weight excluding hydrogens is 259 g/mol. The summed E-state index contributed by atoms with van der Waals surface area (Å²) in [7, 11) is 0. The third-order valence-corrected chi connectivity index (χ3v) is 3.93. The maximum atomic E-state index is 13.5. The van der Waals surface area contributed by atoms with Crippen molar-refractivity contribution in [3.63, 3.8) is 0 Å². The fraction of sp³-hybridized carbons (Fsp3) is 0.188. The zero-order valence-electron chi connectivity index (χ0n) is 10.7. The zero-order valence-corrected chi connectivity index (χ0v) is 11.5. The van der Waals surface area contributed by atoms with Gasteiger partial charge in [0, 0.05) is 10.5 Å². The number of hydrogen-bond donors (Lipinski definition) is 0. The van der Waals surface area contributed by atoms with Gasteiger partial charge in [0.2, 0.25) is 0 Å². The maximum Gasteiger partial charge on any atom is 0.195 e. The van der Waals surface area contributed by atoms with Gasteiger partial charge in [0.05, 0.1) is 5.56 Å². The Hall–Kier alpha value is -1.61. The second-order valence-electron chi connectivity index (χ2n) is 4.18. The lowest BCUT2D eigenvalue weighted by atomic mass is 10.0. The van der Waals surface area contributed by atoms with Gasteiger partial charge in [-0.1, -0.05) is 19.1 Å². The molecule has 0 saturated carbocycles. The quantitative estimate of drug-likeness (QED) is 0.587. The first-order valence-corrected chi connectivity index (χ1v) is 7.23. The van der Waals surface area contributed by atoms with Crippen LogP contribution in [0.15, 0.2) is 53.4 Å². The predicted octanol–water partition coefficient (Wildman–Crippen LogP) is 4.56. The lowest BCUT2D eigenvalue weighted by Crippen LogP contribution is -2.03. The average Bonchev–Trinajstić information content (AvgIpc) is 2.45. The summed E-state index contributed by atoms with van der Waals surface area (Å²) < 4.78 is 13.5. The summed E-state index contributed by atoms with van der Waals surface area (Å²) in [6, 6.07) is 13.4. The number of thioether (sulfide) groups is 1. The largest absolute Gasteiger partial charge is 0.288 e. The molecule has 3 heteroatoms. The smallest absolute Gasteiger partial charge is 0.195 e. The van der Waals surface area contributed by atoms with Crippen molar-refractivity contribution >= 4 is 17.5 Å². The van der Waals surface area contributed by atoms with Crippen molar-refractivity contribution in [3.8, 4) is 0 Å². The van der Waals surface area contributed by atoms with E-state index in [9.17, 15) is 9.18 Å². The highest BCUT2D eigenvalue weighted by Crippen LogP contribution is 2.20. The molecular formula is C16H15FOS. The molecule has 0 aliphatic rings. The third kappa shape index (κ3) is 3.44. The first kappa shape index (κ1) is 13.8. The van der Waals surface area contributed by atoms with E-state index in [-0.39, 0.29) is 11.3 Å². The molecule has 0 fully saturated rings. The van der Waals surface area contributed by atoms with Gasteiger partial charge >= 0.3 is 0 Å². The molecule has 2 aromatic carbocycles. The first-order valence-electron chi connectivity index (χ1n) is 6.24. The average molecular weight is 274 g/mol. The van der Waals surface area contributed by atoms with Crippen molar-refractivity contribution in [2.75, 3.05) is 5.75 Å². The van der Waals surface area contributed by atoms with Crippen molar-refractivity contribution in [3.05, 3.63) is 65.5 Å². The van der Waals surface area contributed by atoms with Crippen LogP contribution in [0.1, 0.15) is 29.3 Å². The number of carbonyl (C=O) groups is 1. The van der Waals surface area contributed by atoms with Crippen molar-refractivity contribution in [2.45, 2.75) is 18.2 Å². The van der Waals surface area contributed by atoms with Crippen LogP contribution in [-0.4, -0.2) is 11.5 Å². The normalized spacial score (nSPS) is 10.4. The van der Waals surface area contributed by atoms with Crippen LogP contribution in [-0.2, 0) is 0 Å². The van der Waals surface area contributed by atoms with E-state index in [0.717, 1.165) is 17.1 Å². The van der Waals surface area contributed by atoms with Crippen LogP contribution in [0.4, 0.5) is 4.39 Å². The Bertz CT molecular complexity index is 563. The molecule has 0 bridgehead atoms. The van der Waals surface area contributed by atoms with Gasteiger partial charge in [0.25, 0.3) is 0 Å². The van der Waals surface area contributed by atoms with Gasteiger partial charge in [0.15, 0.2) is 5.78 Å². The Balaban J connectivity index is 2.18. The van der Waals surface area contributed by atoms with Crippen LogP contribution in [0.25, 0.3) is 0 Å². The van der Waals surface area contributed by atoms with Crippen molar-refractivity contribution in [1.82, 2.24) is 0 Å². The Morgan fingerprint density at radius 3 is 2.42 bits per heavy atom. The van der Waals surface area contributed by atoms with Crippen LogP contribution >= 0.6 is 11.8 Å². The Morgan fingerprint density at radius 1 is 1.11 bits per heavy atom. The molecule has 0 saturated heterocycles. The molecule has 0 aliphatic heterocycles. The van der Waals surface area contributed by atoms with Crippen LogP contribution in [0.3, 0.4) is 0 Å². The highest BCUT2D eigenvalue weighted by Gasteiger charge is 2.12. The summed E-state index contributed by atoms with van der Waals surface area (Å²) in [5.41, 5.74) is 0.641. The minimum Gasteiger partial charge on any atom is -0.288 e. The van der Waals surface area contributed by atoms with Gasteiger partial charge in [-0.05, 0) is 48.6 Å². The van der Waals surface area contributed by atoms with E-state index in [2.05, 4.69) is 6.92 Å². The third-order valence-electron chi connectivity index (χ3n) is 2.71. The summed E-state index contributed by atoms with van der Waals surface area (Å²) >= 11 is 1.75. The molecule has 0 aliphatic carbocycles. The van der Waals surface area contributed by atoms with E-state index in [1.807, 2.05) is 12.1 Å². The monoisotopic (exact) mass is 274 g/mol. The van der Waals surface area contributed by atoms with E-state index in [0.29, 0.717) is 5.56 Å². The number of rotatable bonds is 5. The zero-order chi connectivity index (χ0) is 13.7. The molecule has 0 spiro atoms. The Labute approximate surface area is 116 Å². The summed E-state index contributed by atoms with van der Waals surface area (Å²) in [4.78, 5) is 13.3.